The Bertz CT molecular complexity index is 547. The fraction of sp³-hybridized carbons (Fsp3) is 0.200. The molecule has 0 saturated heterocycles. The highest BCUT2D eigenvalue weighted by Gasteiger charge is 2.11. The molecule has 0 amide bonds. The molecule has 0 aromatic heterocycles. The van der Waals surface area contributed by atoms with E-state index in [-0.39, 0.29) is 0 Å². The van der Waals surface area contributed by atoms with Crippen LogP contribution >= 0.6 is 0 Å². The van der Waals surface area contributed by atoms with Gasteiger partial charge in [-0.25, -0.2) is 0 Å². The molecule has 2 aromatic rings. The van der Waals surface area contributed by atoms with Gasteiger partial charge in [-0.05, 0) is 37.0 Å². The molecule has 0 aliphatic heterocycles. The lowest BCUT2D eigenvalue weighted by atomic mass is 9.80. The average molecular weight is 256 g/mol. The smallest absolute Gasteiger partial charge is 0.488 e. The van der Waals surface area contributed by atoms with Crippen LogP contribution in [0.15, 0.2) is 42.5 Å². The van der Waals surface area contributed by atoms with Crippen molar-refractivity contribution in [2.24, 2.45) is 0 Å². The zero-order valence-corrected chi connectivity index (χ0v) is 11.1. The third kappa shape index (κ3) is 3.84. The Kier molecular flexibility index (Phi) is 4.25. The molecule has 0 fully saturated rings. The van der Waals surface area contributed by atoms with Gasteiger partial charge in [0, 0.05) is 0 Å². The molecule has 2 aromatic carbocycles. The summed E-state index contributed by atoms with van der Waals surface area (Å²) in [4.78, 5) is 0. The van der Waals surface area contributed by atoms with Gasteiger partial charge in [0.2, 0.25) is 0 Å². The molecule has 0 atom stereocenters. The van der Waals surface area contributed by atoms with E-state index in [0.29, 0.717) is 17.8 Å². The van der Waals surface area contributed by atoms with E-state index in [9.17, 15) is 0 Å². The summed E-state index contributed by atoms with van der Waals surface area (Å²) in [6, 6.07) is 13.1. The number of hydrogen-bond acceptors (Lipinski definition) is 3. The Labute approximate surface area is 113 Å². The summed E-state index contributed by atoms with van der Waals surface area (Å²) in [7, 11) is -1.47. The van der Waals surface area contributed by atoms with Crippen molar-refractivity contribution in [3.8, 4) is 5.75 Å². The van der Waals surface area contributed by atoms with Crippen LogP contribution in [0.3, 0.4) is 0 Å². The molecule has 0 aliphatic carbocycles. The maximum Gasteiger partial charge on any atom is 0.488 e. The molecule has 0 heterocycles. The molecule has 2 N–H and O–H groups in total. The number of ether oxygens (including phenoxy) is 1. The molecule has 0 aliphatic rings. The van der Waals surface area contributed by atoms with Gasteiger partial charge >= 0.3 is 7.12 Å². The number of rotatable bonds is 4. The first kappa shape index (κ1) is 13.7. The second-order valence-electron chi connectivity index (χ2n) is 4.73. The van der Waals surface area contributed by atoms with Crippen LogP contribution < -0.4 is 10.2 Å². The Morgan fingerprint density at radius 1 is 1.00 bits per heavy atom. The van der Waals surface area contributed by atoms with Crippen molar-refractivity contribution < 1.29 is 14.8 Å². The van der Waals surface area contributed by atoms with Crippen molar-refractivity contribution in [2.75, 3.05) is 0 Å². The van der Waals surface area contributed by atoms with Gasteiger partial charge in [-0.15, -0.1) is 0 Å². The van der Waals surface area contributed by atoms with Crippen LogP contribution in [-0.2, 0) is 6.61 Å². The largest absolute Gasteiger partial charge is 0.489 e. The monoisotopic (exact) mass is 256 g/mol. The van der Waals surface area contributed by atoms with Gasteiger partial charge < -0.3 is 14.8 Å². The second kappa shape index (κ2) is 5.91. The third-order valence-corrected chi connectivity index (χ3v) is 2.84. The standard InChI is InChI=1S/C15H17BO3/c1-11-6-12(2)8-13(7-11)10-19-15-5-3-4-14(9-15)16(17)18/h3-9,17-18H,10H2,1-2H3. The van der Waals surface area contributed by atoms with Crippen LogP contribution in [0.5, 0.6) is 5.75 Å². The first-order chi connectivity index (χ1) is 9.04. The van der Waals surface area contributed by atoms with Crippen molar-refractivity contribution in [1.82, 2.24) is 0 Å². The summed E-state index contributed by atoms with van der Waals surface area (Å²) in [5, 5.41) is 18.2. The number of benzene rings is 2. The topological polar surface area (TPSA) is 49.7 Å². The zero-order valence-electron chi connectivity index (χ0n) is 11.1. The van der Waals surface area contributed by atoms with Gasteiger partial charge in [0.05, 0.1) is 0 Å². The minimum atomic E-state index is -1.47. The summed E-state index contributed by atoms with van der Waals surface area (Å²) >= 11 is 0. The van der Waals surface area contributed by atoms with Crippen molar-refractivity contribution in [3.05, 3.63) is 59.2 Å². The lowest BCUT2D eigenvalue weighted by Gasteiger charge is -2.09. The van der Waals surface area contributed by atoms with E-state index in [4.69, 9.17) is 14.8 Å². The molecule has 4 heteroatoms. The van der Waals surface area contributed by atoms with E-state index in [0.717, 1.165) is 5.56 Å². The van der Waals surface area contributed by atoms with Crippen LogP contribution in [-0.4, -0.2) is 17.2 Å². The molecule has 3 nitrogen and oxygen atoms in total. The quantitative estimate of drug-likeness (QED) is 0.816. The fourth-order valence-electron chi connectivity index (χ4n) is 2.08. The van der Waals surface area contributed by atoms with Gasteiger partial charge in [-0.3, -0.25) is 0 Å². The van der Waals surface area contributed by atoms with Crippen LogP contribution in [0.4, 0.5) is 0 Å². The van der Waals surface area contributed by atoms with E-state index >= 15 is 0 Å². The number of aryl methyl sites for hydroxylation is 2. The Balaban J connectivity index is 2.07. The van der Waals surface area contributed by atoms with Gasteiger partial charge in [0.15, 0.2) is 0 Å². The van der Waals surface area contributed by atoms with Crippen LogP contribution in [0, 0.1) is 13.8 Å². The first-order valence-corrected chi connectivity index (χ1v) is 6.20. The molecule has 0 bridgehead atoms. The fourth-order valence-corrected chi connectivity index (χ4v) is 2.08. The van der Waals surface area contributed by atoms with Crippen molar-refractivity contribution in [2.45, 2.75) is 20.5 Å². The third-order valence-electron chi connectivity index (χ3n) is 2.84. The van der Waals surface area contributed by atoms with Crippen molar-refractivity contribution >= 4 is 12.6 Å². The highest BCUT2D eigenvalue weighted by atomic mass is 16.5. The average Bonchev–Trinajstić information content (AvgIpc) is 2.35. The highest BCUT2D eigenvalue weighted by molar-refractivity contribution is 6.58. The molecule has 98 valence electrons. The maximum absolute atomic E-state index is 9.11. The zero-order chi connectivity index (χ0) is 13.8. The van der Waals surface area contributed by atoms with Gasteiger partial charge in [0.1, 0.15) is 12.4 Å². The molecule has 0 spiro atoms. The lowest BCUT2D eigenvalue weighted by Crippen LogP contribution is -2.29. The first-order valence-electron chi connectivity index (χ1n) is 6.20. The predicted molar refractivity (Wildman–Crippen MR) is 76.5 cm³/mol. The van der Waals surface area contributed by atoms with Gasteiger partial charge in [0.25, 0.3) is 0 Å². The normalized spacial score (nSPS) is 10.3. The Morgan fingerprint density at radius 3 is 2.32 bits per heavy atom. The molecule has 2 rings (SSSR count). The Morgan fingerprint density at radius 2 is 1.68 bits per heavy atom. The lowest BCUT2D eigenvalue weighted by molar-refractivity contribution is 0.306. The second-order valence-corrected chi connectivity index (χ2v) is 4.73. The number of hydrogen-bond donors (Lipinski definition) is 2. The Hall–Kier alpha value is -1.78. The minimum absolute atomic E-state index is 0.429. The summed E-state index contributed by atoms with van der Waals surface area (Å²) in [5.41, 5.74) is 3.95. The van der Waals surface area contributed by atoms with Gasteiger partial charge in [-0.2, -0.15) is 0 Å². The molecular weight excluding hydrogens is 239 g/mol. The summed E-state index contributed by atoms with van der Waals surface area (Å²) in [6.45, 7) is 4.58. The highest BCUT2D eigenvalue weighted by Crippen LogP contribution is 2.13. The van der Waals surface area contributed by atoms with E-state index < -0.39 is 7.12 Å². The maximum atomic E-state index is 9.11. The van der Waals surface area contributed by atoms with Crippen LogP contribution in [0.2, 0.25) is 0 Å². The molecular formula is C15H17BO3. The van der Waals surface area contributed by atoms with E-state index in [1.54, 1.807) is 24.3 Å². The summed E-state index contributed by atoms with van der Waals surface area (Å²) < 4.78 is 5.67. The predicted octanol–water partition coefficient (Wildman–Crippen LogP) is 1.56. The van der Waals surface area contributed by atoms with Crippen molar-refractivity contribution in [3.63, 3.8) is 0 Å². The van der Waals surface area contributed by atoms with Crippen LogP contribution in [0.25, 0.3) is 0 Å². The molecule has 19 heavy (non-hydrogen) atoms. The van der Waals surface area contributed by atoms with Gasteiger partial charge in [-0.1, -0.05) is 41.5 Å². The van der Waals surface area contributed by atoms with Crippen LogP contribution in [0.1, 0.15) is 16.7 Å². The van der Waals surface area contributed by atoms with E-state index in [1.165, 1.54) is 11.1 Å². The van der Waals surface area contributed by atoms with Crippen molar-refractivity contribution in [1.29, 1.82) is 0 Å². The molecule has 0 saturated carbocycles. The minimum Gasteiger partial charge on any atom is -0.489 e. The summed E-state index contributed by atoms with van der Waals surface area (Å²) in [5.74, 6) is 0.629. The molecule has 0 radical (unpaired) electrons. The summed E-state index contributed by atoms with van der Waals surface area (Å²) in [6.07, 6.45) is 0. The van der Waals surface area contributed by atoms with E-state index in [2.05, 4.69) is 32.0 Å². The molecule has 0 unspecified atom stereocenters. The SMILES string of the molecule is Cc1cc(C)cc(COc2cccc(B(O)O)c2)c1. The van der Waals surface area contributed by atoms with E-state index in [1.807, 2.05) is 0 Å².